The molecule has 0 saturated carbocycles. The van der Waals surface area contributed by atoms with Gasteiger partial charge >= 0.3 is 10.8 Å². The normalized spacial score (nSPS) is 21.7. The van der Waals surface area contributed by atoms with Crippen molar-refractivity contribution in [2.24, 2.45) is 5.92 Å². The number of amides is 3. The number of anilines is 1. The number of imide groups is 1. The van der Waals surface area contributed by atoms with E-state index in [-0.39, 0.29) is 29.8 Å². The lowest BCUT2D eigenvalue weighted by Gasteiger charge is -2.31. The highest BCUT2D eigenvalue weighted by Gasteiger charge is 2.57. The average molecular weight is 673 g/mol. The van der Waals surface area contributed by atoms with Crippen molar-refractivity contribution in [2.75, 3.05) is 37.8 Å². The van der Waals surface area contributed by atoms with Crippen molar-refractivity contribution in [1.29, 1.82) is 0 Å². The summed E-state index contributed by atoms with van der Waals surface area (Å²) in [5.41, 5.74) is 1.45. The van der Waals surface area contributed by atoms with Crippen molar-refractivity contribution in [2.45, 2.75) is 29.7 Å². The highest BCUT2D eigenvalue weighted by molar-refractivity contribution is 9.10. The standard InChI is InChI=1S/C29H26BrN3O7S2/c1-2-40-28(37)16-6-8-19(9-7-16)33-25(35)22-21(17-4-3-5-18(30)14-17)24-27(41-23(22)26(33)36)32(29(38)42-24)15-20(34)31-10-12-39-13-11-31/h3-9,14,21-23H,2,10-13,15H2,1H3. The summed E-state index contributed by atoms with van der Waals surface area (Å²) in [7, 11) is 0. The van der Waals surface area contributed by atoms with Gasteiger partial charge in [0.2, 0.25) is 17.7 Å². The average Bonchev–Trinajstić information content (AvgIpc) is 3.43. The minimum absolute atomic E-state index is 0.151. The Morgan fingerprint density at radius 1 is 1.05 bits per heavy atom. The third kappa shape index (κ3) is 5.12. The van der Waals surface area contributed by atoms with Crippen LogP contribution in [0.2, 0.25) is 0 Å². The lowest BCUT2D eigenvalue weighted by molar-refractivity contribution is -0.136. The van der Waals surface area contributed by atoms with Gasteiger partial charge in [0.15, 0.2) is 0 Å². The van der Waals surface area contributed by atoms with Crippen molar-refractivity contribution in [3.8, 4) is 0 Å². The van der Waals surface area contributed by atoms with E-state index >= 15 is 0 Å². The van der Waals surface area contributed by atoms with E-state index in [2.05, 4.69) is 15.9 Å². The number of morpholine rings is 1. The summed E-state index contributed by atoms with van der Waals surface area (Å²) >= 11 is 5.70. The zero-order chi connectivity index (χ0) is 29.5. The van der Waals surface area contributed by atoms with Gasteiger partial charge in [-0.05, 0) is 48.9 Å². The minimum Gasteiger partial charge on any atom is -0.462 e. The third-order valence-electron chi connectivity index (χ3n) is 7.55. The number of ether oxygens (including phenoxy) is 2. The number of fused-ring (bicyclic) bond motifs is 2. The molecule has 0 N–H and O–H groups in total. The predicted octanol–water partition coefficient (Wildman–Crippen LogP) is 3.50. The molecule has 1 aromatic heterocycles. The summed E-state index contributed by atoms with van der Waals surface area (Å²) in [5.74, 6) is -2.81. The van der Waals surface area contributed by atoms with E-state index in [0.717, 1.165) is 21.4 Å². The van der Waals surface area contributed by atoms with Gasteiger partial charge in [0.1, 0.15) is 11.8 Å². The lowest BCUT2D eigenvalue weighted by Crippen LogP contribution is -2.43. The summed E-state index contributed by atoms with van der Waals surface area (Å²) in [6.07, 6.45) is 0. The third-order valence-corrected chi connectivity index (χ3v) is 10.6. The van der Waals surface area contributed by atoms with Gasteiger partial charge in [0, 0.05) is 28.4 Å². The number of carbonyl (C=O) groups excluding carboxylic acids is 4. The highest BCUT2D eigenvalue weighted by atomic mass is 79.9. The number of aromatic nitrogens is 1. The molecule has 0 spiro atoms. The van der Waals surface area contributed by atoms with E-state index in [0.29, 0.717) is 47.5 Å². The molecule has 6 rings (SSSR count). The van der Waals surface area contributed by atoms with Crippen LogP contribution in [0.3, 0.4) is 0 Å². The molecule has 2 fully saturated rings. The van der Waals surface area contributed by atoms with E-state index in [1.54, 1.807) is 24.0 Å². The molecule has 13 heteroatoms. The van der Waals surface area contributed by atoms with Crippen LogP contribution in [0.1, 0.15) is 33.6 Å². The maximum Gasteiger partial charge on any atom is 0.338 e. The number of esters is 1. The molecule has 2 saturated heterocycles. The summed E-state index contributed by atoms with van der Waals surface area (Å²) in [5, 5.41) is -0.268. The second-order valence-electron chi connectivity index (χ2n) is 9.99. The van der Waals surface area contributed by atoms with E-state index < -0.39 is 29.0 Å². The van der Waals surface area contributed by atoms with Gasteiger partial charge < -0.3 is 14.4 Å². The first-order chi connectivity index (χ1) is 20.3. The van der Waals surface area contributed by atoms with Crippen molar-refractivity contribution >= 4 is 68.4 Å². The van der Waals surface area contributed by atoms with Gasteiger partial charge in [-0.3, -0.25) is 23.7 Å². The molecular formula is C29H26BrN3O7S2. The number of carbonyl (C=O) groups is 4. The zero-order valence-corrected chi connectivity index (χ0v) is 25.7. The summed E-state index contributed by atoms with van der Waals surface area (Å²) in [6, 6.07) is 13.7. The van der Waals surface area contributed by atoms with Crippen LogP contribution in [0.15, 0.2) is 62.8 Å². The maximum atomic E-state index is 14.1. The number of thiazole rings is 1. The lowest BCUT2D eigenvalue weighted by atomic mass is 9.83. The fraction of sp³-hybridized carbons (Fsp3) is 0.345. The summed E-state index contributed by atoms with van der Waals surface area (Å²) < 4.78 is 12.6. The molecular weight excluding hydrogens is 646 g/mol. The molecule has 3 atom stereocenters. The van der Waals surface area contributed by atoms with Gasteiger partial charge in [-0.15, -0.1) is 0 Å². The Hall–Kier alpha value is -3.26. The van der Waals surface area contributed by atoms with Gasteiger partial charge in [0.25, 0.3) is 0 Å². The van der Waals surface area contributed by atoms with Crippen molar-refractivity contribution in [3.63, 3.8) is 0 Å². The van der Waals surface area contributed by atoms with Crippen molar-refractivity contribution in [3.05, 3.63) is 78.7 Å². The first kappa shape index (κ1) is 28.8. The maximum absolute atomic E-state index is 14.1. The van der Waals surface area contributed by atoms with Gasteiger partial charge in [-0.25, -0.2) is 9.69 Å². The summed E-state index contributed by atoms with van der Waals surface area (Å²) in [6.45, 7) is 3.59. The predicted molar refractivity (Wildman–Crippen MR) is 160 cm³/mol. The smallest absolute Gasteiger partial charge is 0.338 e. The molecule has 42 heavy (non-hydrogen) atoms. The number of nitrogens with zero attached hydrogens (tertiary/aromatic N) is 3. The largest absolute Gasteiger partial charge is 0.462 e. The number of rotatable bonds is 6. The van der Waals surface area contributed by atoms with Crippen LogP contribution in [0.5, 0.6) is 0 Å². The quantitative estimate of drug-likeness (QED) is 0.289. The minimum atomic E-state index is -0.808. The molecule has 4 heterocycles. The van der Waals surface area contributed by atoms with Crippen LogP contribution in [-0.4, -0.2) is 71.3 Å². The van der Waals surface area contributed by atoms with E-state index in [4.69, 9.17) is 9.47 Å². The van der Waals surface area contributed by atoms with Crippen LogP contribution in [0.4, 0.5) is 5.69 Å². The summed E-state index contributed by atoms with van der Waals surface area (Å²) in [4.78, 5) is 69.8. The number of benzene rings is 2. The molecule has 2 aromatic carbocycles. The fourth-order valence-corrected chi connectivity index (χ4v) is 8.77. The van der Waals surface area contributed by atoms with Crippen molar-refractivity contribution in [1.82, 2.24) is 9.47 Å². The van der Waals surface area contributed by atoms with Crippen LogP contribution >= 0.6 is 39.0 Å². The first-order valence-electron chi connectivity index (χ1n) is 13.4. The molecule has 218 valence electrons. The van der Waals surface area contributed by atoms with Crippen LogP contribution in [0.25, 0.3) is 0 Å². The topological polar surface area (TPSA) is 115 Å². The molecule has 3 unspecified atom stereocenters. The SMILES string of the molecule is CCOC(=O)c1ccc(N2C(=O)C3Sc4c(sc(=O)n4CC(=O)N4CCOCC4)C(c4cccc(Br)c4)C3C2=O)cc1. The molecule has 0 bridgehead atoms. The van der Waals surface area contributed by atoms with Gasteiger partial charge in [-0.2, -0.15) is 0 Å². The van der Waals surface area contributed by atoms with Crippen molar-refractivity contribution < 1.29 is 28.7 Å². The Morgan fingerprint density at radius 2 is 1.79 bits per heavy atom. The monoisotopic (exact) mass is 671 g/mol. The Morgan fingerprint density at radius 3 is 2.48 bits per heavy atom. The fourth-order valence-electron chi connectivity index (χ4n) is 5.58. The van der Waals surface area contributed by atoms with E-state index in [1.807, 2.05) is 24.3 Å². The van der Waals surface area contributed by atoms with Gasteiger partial charge in [0.05, 0.1) is 42.0 Å². The van der Waals surface area contributed by atoms with Crippen LogP contribution in [-0.2, 0) is 30.4 Å². The molecule has 3 aliphatic heterocycles. The number of hydrogen-bond donors (Lipinski definition) is 0. The molecule has 0 aliphatic carbocycles. The Bertz CT molecular complexity index is 1630. The second-order valence-corrected chi connectivity index (χ2v) is 13.0. The Labute approximate surface area is 257 Å². The number of thioether (sulfide) groups is 1. The van der Waals surface area contributed by atoms with Crippen LogP contribution < -0.4 is 9.77 Å². The molecule has 3 amide bonds. The molecule has 3 aromatic rings. The number of hydrogen-bond acceptors (Lipinski definition) is 9. The number of halogens is 1. The molecule has 3 aliphatic rings. The Kier molecular flexibility index (Phi) is 8.09. The van der Waals surface area contributed by atoms with E-state index in [1.165, 1.54) is 33.4 Å². The molecule has 0 radical (unpaired) electrons. The zero-order valence-electron chi connectivity index (χ0n) is 22.5. The van der Waals surface area contributed by atoms with Crippen LogP contribution in [0, 0.1) is 5.92 Å². The Balaban J connectivity index is 1.39. The van der Waals surface area contributed by atoms with E-state index in [9.17, 15) is 24.0 Å². The first-order valence-corrected chi connectivity index (χ1v) is 15.9. The van der Waals surface area contributed by atoms with Gasteiger partial charge in [-0.1, -0.05) is 51.2 Å². The highest BCUT2D eigenvalue weighted by Crippen LogP contribution is 2.54. The molecule has 10 nitrogen and oxygen atoms in total. The second kappa shape index (κ2) is 11.8.